The summed E-state index contributed by atoms with van der Waals surface area (Å²) in [6.07, 6.45) is 4.85. The molecule has 0 aliphatic rings. The minimum Gasteiger partial charge on any atom is -0.352 e. The van der Waals surface area contributed by atoms with Crippen molar-refractivity contribution >= 4 is 5.91 Å². The Morgan fingerprint density at radius 3 is 2.50 bits per heavy atom. The minimum atomic E-state index is -0.102. The van der Waals surface area contributed by atoms with Crippen LogP contribution >= 0.6 is 0 Å². The van der Waals surface area contributed by atoms with Gasteiger partial charge in [0, 0.05) is 25.4 Å². The van der Waals surface area contributed by atoms with Crippen molar-refractivity contribution in [3.8, 4) is 0 Å². The van der Waals surface area contributed by atoms with E-state index in [0.717, 1.165) is 18.7 Å². The third-order valence-corrected chi connectivity index (χ3v) is 1.82. The maximum Gasteiger partial charge on any atom is 0.254 e. The first-order chi connectivity index (χ1) is 6.77. The van der Waals surface area contributed by atoms with E-state index in [1.807, 2.05) is 13.8 Å². The number of aryl methyl sites for hydroxylation is 1. The molecule has 0 aliphatic carbocycles. The van der Waals surface area contributed by atoms with E-state index in [-0.39, 0.29) is 5.91 Å². The molecule has 1 heterocycles. The fourth-order valence-corrected chi connectivity index (χ4v) is 0.995. The lowest BCUT2D eigenvalue weighted by Gasteiger charge is -2.02. The van der Waals surface area contributed by atoms with E-state index in [1.54, 1.807) is 12.4 Å². The quantitative estimate of drug-likeness (QED) is 0.781. The first kappa shape index (κ1) is 10.6. The van der Waals surface area contributed by atoms with Crippen LogP contribution in [0.25, 0.3) is 0 Å². The van der Waals surface area contributed by atoms with Crippen LogP contribution in [0.5, 0.6) is 0 Å². The van der Waals surface area contributed by atoms with Crippen molar-refractivity contribution < 1.29 is 4.79 Å². The molecule has 0 aliphatic heterocycles. The molecule has 0 saturated carbocycles. The number of amides is 1. The fraction of sp³-hybridized carbons (Fsp3) is 0.500. The molecule has 0 fully saturated rings. The SMILES string of the molecule is CCCNC(=O)c1cnc(CC)nc1. The second-order valence-electron chi connectivity index (χ2n) is 3.00. The van der Waals surface area contributed by atoms with Crippen molar-refractivity contribution in [1.82, 2.24) is 15.3 Å². The van der Waals surface area contributed by atoms with Gasteiger partial charge in [-0.1, -0.05) is 13.8 Å². The zero-order valence-electron chi connectivity index (χ0n) is 8.58. The normalized spacial score (nSPS) is 9.86. The molecular formula is C10H15N3O. The zero-order valence-corrected chi connectivity index (χ0v) is 8.58. The summed E-state index contributed by atoms with van der Waals surface area (Å²) >= 11 is 0. The molecule has 0 unspecified atom stereocenters. The highest BCUT2D eigenvalue weighted by Gasteiger charge is 2.04. The summed E-state index contributed by atoms with van der Waals surface area (Å²) in [5.41, 5.74) is 0.524. The van der Waals surface area contributed by atoms with Gasteiger partial charge in [0.1, 0.15) is 5.82 Å². The van der Waals surface area contributed by atoms with E-state index in [0.29, 0.717) is 12.1 Å². The van der Waals surface area contributed by atoms with Gasteiger partial charge < -0.3 is 5.32 Å². The summed E-state index contributed by atoms with van der Waals surface area (Å²) in [7, 11) is 0. The Kier molecular flexibility index (Phi) is 4.04. The molecule has 1 aromatic heterocycles. The van der Waals surface area contributed by atoms with Crippen LogP contribution in [0.3, 0.4) is 0 Å². The lowest BCUT2D eigenvalue weighted by molar-refractivity contribution is 0.0953. The average Bonchev–Trinajstić information content (AvgIpc) is 2.26. The van der Waals surface area contributed by atoms with Gasteiger partial charge in [-0.3, -0.25) is 4.79 Å². The molecular weight excluding hydrogens is 178 g/mol. The van der Waals surface area contributed by atoms with Gasteiger partial charge in [-0.05, 0) is 6.42 Å². The number of rotatable bonds is 4. The van der Waals surface area contributed by atoms with E-state index in [9.17, 15) is 4.79 Å². The second kappa shape index (κ2) is 5.32. The maximum atomic E-state index is 11.4. The van der Waals surface area contributed by atoms with Crippen molar-refractivity contribution in [1.29, 1.82) is 0 Å². The molecule has 0 saturated heterocycles. The number of nitrogens with one attached hydrogen (secondary N) is 1. The number of nitrogens with zero attached hydrogens (tertiary/aromatic N) is 2. The van der Waals surface area contributed by atoms with Gasteiger partial charge in [-0.25, -0.2) is 9.97 Å². The van der Waals surface area contributed by atoms with E-state index in [2.05, 4.69) is 15.3 Å². The van der Waals surface area contributed by atoms with E-state index in [1.165, 1.54) is 0 Å². The van der Waals surface area contributed by atoms with Crippen molar-refractivity contribution in [2.24, 2.45) is 0 Å². The highest BCUT2D eigenvalue weighted by atomic mass is 16.1. The van der Waals surface area contributed by atoms with Gasteiger partial charge in [-0.2, -0.15) is 0 Å². The summed E-state index contributed by atoms with van der Waals surface area (Å²) < 4.78 is 0. The first-order valence-corrected chi connectivity index (χ1v) is 4.87. The smallest absolute Gasteiger partial charge is 0.254 e. The summed E-state index contributed by atoms with van der Waals surface area (Å²) in [5, 5.41) is 2.77. The van der Waals surface area contributed by atoms with Crippen LogP contribution in [0.2, 0.25) is 0 Å². The van der Waals surface area contributed by atoms with Crippen molar-refractivity contribution in [2.45, 2.75) is 26.7 Å². The Balaban J connectivity index is 2.62. The second-order valence-corrected chi connectivity index (χ2v) is 3.00. The molecule has 0 radical (unpaired) electrons. The van der Waals surface area contributed by atoms with Crippen LogP contribution in [-0.4, -0.2) is 22.4 Å². The molecule has 76 valence electrons. The predicted octanol–water partition coefficient (Wildman–Crippen LogP) is 1.18. The molecule has 4 nitrogen and oxygen atoms in total. The standard InChI is InChI=1S/C10H15N3O/c1-3-5-11-10(14)8-6-12-9(4-2)13-7-8/h6-7H,3-5H2,1-2H3,(H,11,14). The molecule has 1 amide bonds. The average molecular weight is 193 g/mol. The topological polar surface area (TPSA) is 54.9 Å². The van der Waals surface area contributed by atoms with Gasteiger partial charge in [0.2, 0.25) is 0 Å². The third kappa shape index (κ3) is 2.80. The van der Waals surface area contributed by atoms with Crippen molar-refractivity contribution in [2.75, 3.05) is 6.54 Å². The number of carbonyl (C=O) groups is 1. The summed E-state index contributed by atoms with van der Waals surface area (Å²) in [4.78, 5) is 19.5. The highest BCUT2D eigenvalue weighted by molar-refractivity contribution is 5.93. The Morgan fingerprint density at radius 2 is 2.00 bits per heavy atom. The van der Waals surface area contributed by atoms with Crippen LogP contribution in [0.4, 0.5) is 0 Å². The lowest BCUT2D eigenvalue weighted by Crippen LogP contribution is -2.24. The van der Waals surface area contributed by atoms with E-state index in [4.69, 9.17) is 0 Å². The highest BCUT2D eigenvalue weighted by Crippen LogP contribution is 1.96. The molecule has 1 aromatic rings. The molecule has 1 rings (SSSR count). The lowest BCUT2D eigenvalue weighted by atomic mass is 10.3. The van der Waals surface area contributed by atoms with Crippen LogP contribution < -0.4 is 5.32 Å². The monoisotopic (exact) mass is 193 g/mol. The summed E-state index contributed by atoms with van der Waals surface area (Å²) in [6.45, 7) is 4.68. The van der Waals surface area contributed by atoms with Crippen LogP contribution in [0, 0.1) is 0 Å². The summed E-state index contributed by atoms with van der Waals surface area (Å²) in [5.74, 6) is 0.659. The van der Waals surface area contributed by atoms with Crippen molar-refractivity contribution in [3.05, 3.63) is 23.8 Å². The maximum absolute atomic E-state index is 11.4. The van der Waals surface area contributed by atoms with Crippen LogP contribution in [0.1, 0.15) is 36.5 Å². The summed E-state index contributed by atoms with van der Waals surface area (Å²) in [6, 6.07) is 0. The first-order valence-electron chi connectivity index (χ1n) is 4.87. The zero-order chi connectivity index (χ0) is 10.4. The number of hydrogen-bond acceptors (Lipinski definition) is 3. The number of aromatic nitrogens is 2. The van der Waals surface area contributed by atoms with E-state index < -0.39 is 0 Å². The van der Waals surface area contributed by atoms with Gasteiger partial charge >= 0.3 is 0 Å². The Morgan fingerprint density at radius 1 is 1.36 bits per heavy atom. The Labute approximate surface area is 83.8 Å². The largest absolute Gasteiger partial charge is 0.352 e. The minimum absolute atomic E-state index is 0.102. The Bertz CT molecular complexity index is 295. The number of carbonyl (C=O) groups excluding carboxylic acids is 1. The van der Waals surface area contributed by atoms with Gasteiger partial charge in [-0.15, -0.1) is 0 Å². The predicted molar refractivity (Wildman–Crippen MR) is 54.0 cm³/mol. The molecule has 14 heavy (non-hydrogen) atoms. The fourth-order valence-electron chi connectivity index (χ4n) is 0.995. The van der Waals surface area contributed by atoms with Crippen LogP contribution in [-0.2, 0) is 6.42 Å². The number of hydrogen-bond donors (Lipinski definition) is 1. The van der Waals surface area contributed by atoms with E-state index >= 15 is 0 Å². The Hall–Kier alpha value is -1.45. The van der Waals surface area contributed by atoms with Crippen LogP contribution in [0.15, 0.2) is 12.4 Å². The van der Waals surface area contributed by atoms with Gasteiger partial charge in [0.05, 0.1) is 5.56 Å². The molecule has 4 heteroatoms. The van der Waals surface area contributed by atoms with Crippen molar-refractivity contribution in [3.63, 3.8) is 0 Å². The van der Waals surface area contributed by atoms with Gasteiger partial charge in [0.15, 0.2) is 0 Å². The molecule has 0 aromatic carbocycles. The molecule has 0 bridgehead atoms. The van der Waals surface area contributed by atoms with Gasteiger partial charge in [0.25, 0.3) is 5.91 Å². The third-order valence-electron chi connectivity index (χ3n) is 1.82. The molecule has 0 spiro atoms. The molecule has 1 N–H and O–H groups in total. The molecule has 0 atom stereocenters.